The van der Waals surface area contributed by atoms with E-state index < -0.39 is 5.60 Å². The summed E-state index contributed by atoms with van der Waals surface area (Å²) in [5.41, 5.74) is 0.891. The third-order valence-electron chi connectivity index (χ3n) is 6.95. The van der Waals surface area contributed by atoms with Crippen molar-refractivity contribution in [2.24, 2.45) is 11.3 Å². The van der Waals surface area contributed by atoms with Crippen LogP contribution in [0.1, 0.15) is 57.9 Å². The summed E-state index contributed by atoms with van der Waals surface area (Å²) in [4.78, 5) is 2.51. The Morgan fingerprint density at radius 3 is 2.30 bits per heavy atom. The van der Waals surface area contributed by atoms with Gasteiger partial charge in [0.15, 0.2) is 0 Å². The third-order valence-corrected chi connectivity index (χ3v) is 7.57. The smallest absolute Gasteiger partial charge is 0.133 e. The van der Waals surface area contributed by atoms with Gasteiger partial charge in [-0.25, -0.2) is 0 Å². The van der Waals surface area contributed by atoms with Crippen LogP contribution in [0.25, 0.3) is 0 Å². The highest BCUT2D eigenvalue weighted by molar-refractivity contribution is 9.10. The molecule has 2 aliphatic rings. The van der Waals surface area contributed by atoms with E-state index in [0.717, 1.165) is 68.6 Å². The van der Waals surface area contributed by atoms with Crippen molar-refractivity contribution in [2.45, 2.75) is 58.0 Å². The third kappa shape index (κ3) is 6.73. The molecule has 1 saturated heterocycles. The Labute approximate surface area is 203 Å². The van der Waals surface area contributed by atoms with E-state index in [9.17, 15) is 5.11 Å². The van der Waals surface area contributed by atoms with Gasteiger partial charge in [-0.05, 0) is 70.6 Å². The molecular weight excluding hydrogens is 487 g/mol. The molecule has 2 fully saturated rings. The topological polar surface area (TPSA) is 44.7 Å². The van der Waals surface area contributed by atoms with Crippen LogP contribution in [-0.4, -0.2) is 55.4 Å². The Bertz CT molecular complexity index is 655. The second kappa shape index (κ2) is 11.7. The normalized spacial score (nSPS) is 26.3. The molecule has 3 rings (SSSR count). The largest absolute Gasteiger partial charge is 0.496 e. The van der Waals surface area contributed by atoms with E-state index in [4.69, 9.17) is 4.74 Å². The van der Waals surface area contributed by atoms with Gasteiger partial charge in [-0.1, -0.05) is 26.8 Å². The van der Waals surface area contributed by atoms with E-state index in [1.54, 1.807) is 7.11 Å². The molecule has 0 amide bonds. The lowest BCUT2D eigenvalue weighted by molar-refractivity contribution is -0.0538. The first-order valence-electron chi connectivity index (χ1n) is 10.7. The predicted octanol–water partition coefficient (Wildman–Crippen LogP) is 5.26. The van der Waals surface area contributed by atoms with E-state index in [2.05, 4.69) is 59.1 Å². The van der Waals surface area contributed by atoms with E-state index >= 15 is 0 Å². The predicted molar refractivity (Wildman–Crippen MR) is 134 cm³/mol. The highest BCUT2D eigenvalue weighted by Gasteiger charge is 2.43. The quantitative estimate of drug-likeness (QED) is 0.550. The number of hydrogen-bond acceptors (Lipinski definition) is 4. The molecule has 1 aromatic rings. The minimum absolute atomic E-state index is 0. The number of rotatable bonds is 5. The molecule has 1 atom stereocenters. The first-order chi connectivity index (χ1) is 13.2. The van der Waals surface area contributed by atoms with Crippen molar-refractivity contribution in [1.82, 2.24) is 10.2 Å². The van der Waals surface area contributed by atoms with Gasteiger partial charge in [-0.3, -0.25) is 0 Å². The molecule has 0 aromatic heterocycles. The van der Waals surface area contributed by atoms with Crippen molar-refractivity contribution in [2.75, 3.05) is 39.8 Å². The molecular formula is C23H39BrCl2N2O2. The van der Waals surface area contributed by atoms with Crippen molar-refractivity contribution < 1.29 is 9.84 Å². The molecule has 30 heavy (non-hydrogen) atoms. The van der Waals surface area contributed by atoms with Gasteiger partial charge in [-0.2, -0.15) is 0 Å². The fraction of sp³-hybridized carbons (Fsp3) is 0.739. The summed E-state index contributed by atoms with van der Waals surface area (Å²) in [7, 11) is 1.69. The van der Waals surface area contributed by atoms with Gasteiger partial charge in [0.2, 0.25) is 0 Å². The average molecular weight is 526 g/mol. The Morgan fingerprint density at radius 1 is 1.20 bits per heavy atom. The number of piperazine rings is 1. The van der Waals surface area contributed by atoms with Crippen LogP contribution in [0.5, 0.6) is 5.75 Å². The Balaban J connectivity index is 0.00000225. The molecule has 1 aliphatic carbocycles. The van der Waals surface area contributed by atoms with Gasteiger partial charge in [-0.15, -0.1) is 24.8 Å². The standard InChI is InChI=1S/C23H37BrN2O2.2ClH/c1-22(2,3)18-7-9-23(27,10-8-18)19(16-26-13-11-25-12-14-26)17-5-6-21(28-4)20(24)15-17;;/h5-6,15,18-19,25,27H,7-14,16H2,1-4H3;2*1H. The molecule has 1 heterocycles. The lowest BCUT2D eigenvalue weighted by atomic mass is 9.64. The summed E-state index contributed by atoms with van der Waals surface area (Å²) >= 11 is 3.65. The van der Waals surface area contributed by atoms with Crippen LogP contribution in [0.15, 0.2) is 22.7 Å². The first-order valence-corrected chi connectivity index (χ1v) is 11.5. The maximum Gasteiger partial charge on any atom is 0.133 e. The molecule has 174 valence electrons. The summed E-state index contributed by atoms with van der Waals surface area (Å²) in [5.74, 6) is 1.65. The average Bonchev–Trinajstić information content (AvgIpc) is 2.66. The van der Waals surface area contributed by atoms with Gasteiger partial charge in [0.05, 0.1) is 17.2 Å². The molecule has 0 bridgehead atoms. The summed E-state index contributed by atoms with van der Waals surface area (Å²) < 4.78 is 6.39. The Kier molecular flexibility index (Phi) is 10.9. The molecule has 7 heteroatoms. The van der Waals surface area contributed by atoms with E-state index in [-0.39, 0.29) is 30.7 Å². The van der Waals surface area contributed by atoms with Crippen LogP contribution >= 0.6 is 40.7 Å². The van der Waals surface area contributed by atoms with Crippen LogP contribution in [0.4, 0.5) is 0 Å². The maximum atomic E-state index is 11.8. The van der Waals surface area contributed by atoms with Crippen LogP contribution in [0.3, 0.4) is 0 Å². The van der Waals surface area contributed by atoms with Crippen molar-refractivity contribution in [1.29, 1.82) is 0 Å². The molecule has 1 unspecified atom stereocenters. The van der Waals surface area contributed by atoms with Crippen LogP contribution in [0, 0.1) is 11.3 Å². The van der Waals surface area contributed by atoms with Gasteiger partial charge in [0.1, 0.15) is 5.75 Å². The van der Waals surface area contributed by atoms with E-state index in [0.29, 0.717) is 11.3 Å². The van der Waals surface area contributed by atoms with Gasteiger partial charge in [0.25, 0.3) is 0 Å². The van der Waals surface area contributed by atoms with Gasteiger partial charge >= 0.3 is 0 Å². The summed E-state index contributed by atoms with van der Waals surface area (Å²) in [6, 6.07) is 6.32. The number of methoxy groups -OCH3 is 1. The SMILES string of the molecule is COc1ccc(C(CN2CCNCC2)C2(O)CCC(C(C)(C)C)CC2)cc1Br.Cl.Cl. The monoisotopic (exact) mass is 524 g/mol. The number of ether oxygens (including phenoxy) is 1. The highest BCUT2D eigenvalue weighted by atomic mass is 79.9. The zero-order valence-corrected chi connectivity index (χ0v) is 22.0. The lowest BCUT2D eigenvalue weighted by Crippen LogP contribution is -2.50. The molecule has 0 spiro atoms. The van der Waals surface area contributed by atoms with Gasteiger partial charge in [0, 0.05) is 38.6 Å². The number of halogens is 3. The second-order valence-corrected chi connectivity index (χ2v) is 10.6. The Morgan fingerprint density at radius 2 is 1.80 bits per heavy atom. The lowest BCUT2D eigenvalue weighted by Gasteiger charge is -2.46. The first kappa shape index (κ1) is 28.0. The number of benzene rings is 1. The number of hydrogen-bond donors (Lipinski definition) is 2. The fourth-order valence-electron chi connectivity index (χ4n) is 4.97. The zero-order valence-electron chi connectivity index (χ0n) is 18.7. The molecule has 4 nitrogen and oxygen atoms in total. The highest BCUT2D eigenvalue weighted by Crippen LogP contribution is 2.47. The van der Waals surface area contributed by atoms with Crippen LogP contribution in [0.2, 0.25) is 0 Å². The Hall–Kier alpha value is -0.0400. The number of nitrogens with zero attached hydrogens (tertiary/aromatic N) is 1. The summed E-state index contributed by atoms with van der Waals surface area (Å²) in [6.45, 7) is 12.1. The summed E-state index contributed by atoms with van der Waals surface area (Å²) in [6.07, 6.45) is 3.98. The number of nitrogens with one attached hydrogen (secondary N) is 1. The van der Waals surface area contributed by atoms with Crippen molar-refractivity contribution in [3.63, 3.8) is 0 Å². The molecule has 1 aromatic carbocycles. The second-order valence-electron chi connectivity index (χ2n) is 9.74. The fourth-order valence-corrected chi connectivity index (χ4v) is 5.53. The molecule has 2 N–H and O–H groups in total. The summed E-state index contributed by atoms with van der Waals surface area (Å²) in [5, 5.41) is 15.3. The van der Waals surface area contributed by atoms with Gasteiger partial charge < -0.3 is 20.1 Å². The number of aliphatic hydroxyl groups is 1. The zero-order chi connectivity index (χ0) is 20.4. The van der Waals surface area contributed by atoms with Crippen molar-refractivity contribution >= 4 is 40.7 Å². The molecule has 1 aliphatic heterocycles. The van der Waals surface area contributed by atoms with Crippen molar-refractivity contribution in [3.05, 3.63) is 28.2 Å². The van der Waals surface area contributed by atoms with Crippen LogP contribution in [-0.2, 0) is 0 Å². The van der Waals surface area contributed by atoms with Crippen LogP contribution < -0.4 is 10.1 Å². The molecule has 1 saturated carbocycles. The van der Waals surface area contributed by atoms with E-state index in [1.165, 1.54) is 5.56 Å². The van der Waals surface area contributed by atoms with E-state index in [1.807, 2.05) is 6.07 Å². The minimum atomic E-state index is -0.638. The maximum absolute atomic E-state index is 11.8. The van der Waals surface area contributed by atoms with Crippen molar-refractivity contribution in [3.8, 4) is 5.75 Å². The molecule has 0 radical (unpaired) electrons. The minimum Gasteiger partial charge on any atom is -0.496 e.